The smallest absolute Gasteiger partial charge is 0.290 e. The van der Waals surface area contributed by atoms with Crippen LogP contribution >= 0.6 is 0 Å². The number of hydrogen-bond acceptors (Lipinski definition) is 4. The van der Waals surface area contributed by atoms with Gasteiger partial charge in [0, 0.05) is 37.9 Å². The van der Waals surface area contributed by atoms with Crippen molar-refractivity contribution in [3.63, 3.8) is 0 Å². The zero-order valence-electron chi connectivity index (χ0n) is 13.5. The van der Waals surface area contributed by atoms with E-state index in [-0.39, 0.29) is 11.9 Å². The zero-order chi connectivity index (χ0) is 15.9. The molecule has 3 heterocycles. The van der Waals surface area contributed by atoms with Crippen LogP contribution in [-0.4, -0.2) is 41.7 Å². The highest BCUT2D eigenvalue weighted by atomic mass is 16.2. The lowest BCUT2D eigenvalue weighted by Gasteiger charge is -2.33. The van der Waals surface area contributed by atoms with Crippen LogP contribution in [0, 0.1) is 0 Å². The largest absolute Gasteiger partial charge is 0.327 e. The van der Waals surface area contributed by atoms with Gasteiger partial charge < -0.3 is 14.0 Å². The van der Waals surface area contributed by atoms with Crippen LogP contribution in [0.4, 0.5) is 0 Å². The van der Waals surface area contributed by atoms with Crippen molar-refractivity contribution in [3.8, 4) is 0 Å². The van der Waals surface area contributed by atoms with Crippen LogP contribution in [0.2, 0.25) is 0 Å². The summed E-state index contributed by atoms with van der Waals surface area (Å²) in [7, 11) is 0. The van der Waals surface area contributed by atoms with E-state index in [1.807, 2.05) is 29.5 Å². The topological polar surface area (TPSA) is 68.8 Å². The molecule has 0 saturated heterocycles. The summed E-state index contributed by atoms with van der Waals surface area (Å²) in [4.78, 5) is 18.8. The SMILES string of the molecule is CCn1ccnc1C(=O)N1CCn2c(C(C)C)nnc2C1C. The Hall–Kier alpha value is -2.18. The molecule has 1 unspecified atom stereocenters. The first kappa shape index (κ1) is 14.7. The number of aromatic nitrogens is 5. The highest BCUT2D eigenvalue weighted by molar-refractivity contribution is 5.91. The van der Waals surface area contributed by atoms with Crippen molar-refractivity contribution in [2.24, 2.45) is 0 Å². The van der Waals surface area contributed by atoms with Gasteiger partial charge in [0.15, 0.2) is 11.6 Å². The van der Waals surface area contributed by atoms with Gasteiger partial charge in [0.2, 0.25) is 0 Å². The summed E-state index contributed by atoms with van der Waals surface area (Å²) in [6.45, 7) is 10.3. The fourth-order valence-corrected chi connectivity index (χ4v) is 3.00. The third-order valence-corrected chi connectivity index (χ3v) is 4.24. The number of nitrogens with zero attached hydrogens (tertiary/aromatic N) is 6. The maximum atomic E-state index is 12.8. The Balaban J connectivity index is 1.90. The first-order valence-corrected chi connectivity index (χ1v) is 7.79. The Morgan fingerprint density at radius 3 is 2.82 bits per heavy atom. The van der Waals surface area contributed by atoms with Gasteiger partial charge in [-0.05, 0) is 13.8 Å². The first-order valence-electron chi connectivity index (χ1n) is 7.79. The van der Waals surface area contributed by atoms with Crippen LogP contribution in [0.1, 0.15) is 61.9 Å². The van der Waals surface area contributed by atoms with Gasteiger partial charge in [-0.25, -0.2) is 4.98 Å². The van der Waals surface area contributed by atoms with Crippen LogP contribution < -0.4 is 0 Å². The molecule has 0 aromatic carbocycles. The van der Waals surface area contributed by atoms with Crippen LogP contribution in [0.25, 0.3) is 0 Å². The van der Waals surface area contributed by atoms with E-state index in [1.54, 1.807) is 6.20 Å². The van der Waals surface area contributed by atoms with Gasteiger partial charge in [-0.1, -0.05) is 13.8 Å². The van der Waals surface area contributed by atoms with Crippen LogP contribution in [0.15, 0.2) is 12.4 Å². The Kier molecular flexibility index (Phi) is 3.72. The molecular weight excluding hydrogens is 280 g/mol. The molecule has 1 aliphatic rings. The molecule has 2 aromatic rings. The number of aryl methyl sites for hydroxylation is 1. The molecule has 3 rings (SSSR count). The molecule has 0 saturated carbocycles. The number of fused-ring (bicyclic) bond motifs is 1. The predicted octanol–water partition coefficient (Wildman–Crippen LogP) is 1.83. The van der Waals surface area contributed by atoms with E-state index in [9.17, 15) is 4.79 Å². The molecule has 2 aromatic heterocycles. The predicted molar refractivity (Wildman–Crippen MR) is 81.5 cm³/mol. The van der Waals surface area contributed by atoms with E-state index in [4.69, 9.17) is 0 Å². The minimum atomic E-state index is -0.0942. The number of carbonyl (C=O) groups is 1. The molecule has 1 aliphatic heterocycles. The van der Waals surface area contributed by atoms with Crippen LogP contribution in [0.5, 0.6) is 0 Å². The van der Waals surface area contributed by atoms with E-state index < -0.39 is 0 Å². The minimum absolute atomic E-state index is 0.0419. The second-order valence-electron chi connectivity index (χ2n) is 5.93. The summed E-state index contributed by atoms with van der Waals surface area (Å²) in [5.41, 5.74) is 0. The minimum Gasteiger partial charge on any atom is -0.327 e. The average molecular weight is 302 g/mol. The summed E-state index contributed by atoms with van der Waals surface area (Å²) in [5.74, 6) is 2.63. The van der Waals surface area contributed by atoms with E-state index >= 15 is 0 Å². The number of imidazole rings is 1. The van der Waals surface area contributed by atoms with Crippen LogP contribution in [-0.2, 0) is 13.1 Å². The number of amides is 1. The molecule has 0 spiro atoms. The van der Waals surface area contributed by atoms with Crippen molar-refractivity contribution >= 4 is 5.91 Å². The zero-order valence-corrected chi connectivity index (χ0v) is 13.5. The lowest BCUT2D eigenvalue weighted by Crippen LogP contribution is -2.42. The molecule has 0 aliphatic carbocycles. The molecule has 22 heavy (non-hydrogen) atoms. The summed E-state index contributed by atoms with van der Waals surface area (Å²) < 4.78 is 4.01. The molecule has 7 nitrogen and oxygen atoms in total. The summed E-state index contributed by atoms with van der Waals surface area (Å²) in [5, 5.41) is 8.60. The van der Waals surface area contributed by atoms with Gasteiger partial charge in [-0.2, -0.15) is 0 Å². The maximum Gasteiger partial charge on any atom is 0.290 e. The number of hydrogen-bond donors (Lipinski definition) is 0. The fourth-order valence-electron chi connectivity index (χ4n) is 3.00. The third-order valence-electron chi connectivity index (χ3n) is 4.24. The van der Waals surface area contributed by atoms with Gasteiger partial charge in [-0.15, -0.1) is 10.2 Å². The maximum absolute atomic E-state index is 12.8. The first-order chi connectivity index (χ1) is 10.5. The Morgan fingerprint density at radius 2 is 2.14 bits per heavy atom. The van der Waals surface area contributed by atoms with Crippen molar-refractivity contribution in [2.75, 3.05) is 6.54 Å². The van der Waals surface area contributed by atoms with Crippen molar-refractivity contribution in [3.05, 3.63) is 29.9 Å². The van der Waals surface area contributed by atoms with Gasteiger partial charge in [0.1, 0.15) is 5.82 Å². The lowest BCUT2D eigenvalue weighted by atomic mass is 10.1. The standard InChI is InChI=1S/C15H22N6O/c1-5-19-7-6-16-14(19)15(22)20-8-9-21-12(10(2)3)17-18-13(21)11(20)4/h6-7,10-11H,5,8-9H2,1-4H3. The van der Waals surface area contributed by atoms with Gasteiger partial charge >= 0.3 is 0 Å². The average Bonchev–Trinajstić information content (AvgIpc) is 3.13. The molecule has 7 heteroatoms. The second kappa shape index (κ2) is 5.55. The van der Waals surface area contributed by atoms with Gasteiger partial charge in [0.25, 0.3) is 5.91 Å². The Morgan fingerprint density at radius 1 is 1.36 bits per heavy atom. The molecular formula is C15H22N6O. The normalized spacial score (nSPS) is 17.9. The Labute approximate surface area is 130 Å². The van der Waals surface area contributed by atoms with E-state index in [0.29, 0.717) is 18.3 Å². The highest BCUT2D eigenvalue weighted by Gasteiger charge is 2.33. The van der Waals surface area contributed by atoms with Crippen molar-refractivity contribution in [1.29, 1.82) is 0 Å². The number of rotatable bonds is 3. The summed E-state index contributed by atoms with van der Waals surface area (Å²) in [6, 6.07) is -0.0942. The van der Waals surface area contributed by atoms with Gasteiger partial charge in [-0.3, -0.25) is 4.79 Å². The quantitative estimate of drug-likeness (QED) is 0.867. The monoisotopic (exact) mass is 302 g/mol. The van der Waals surface area contributed by atoms with E-state index in [2.05, 4.69) is 33.6 Å². The fraction of sp³-hybridized carbons (Fsp3) is 0.600. The third kappa shape index (κ3) is 2.20. The molecule has 0 fully saturated rings. The molecule has 0 radical (unpaired) electrons. The molecule has 118 valence electrons. The number of carbonyl (C=O) groups excluding carboxylic acids is 1. The summed E-state index contributed by atoms with van der Waals surface area (Å²) >= 11 is 0. The molecule has 0 bridgehead atoms. The second-order valence-corrected chi connectivity index (χ2v) is 5.93. The molecule has 1 amide bonds. The van der Waals surface area contributed by atoms with Crippen molar-refractivity contribution in [1.82, 2.24) is 29.2 Å². The highest BCUT2D eigenvalue weighted by Crippen LogP contribution is 2.27. The summed E-state index contributed by atoms with van der Waals surface area (Å²) in [6.07, 6.45) is 3.51. The van der Waals surface area contributed by atoms with Gasteiger partial charge in [0.05, 0.1) is 6.04 Å². The van der Waals surface area contributed by atoms with E-state index in [0.717, 1.165) is 24.7 Å². The van der Waals surface area contributed by atoms with Crippen molar-refractivity contribution < 1.29 is 4.79 Å². The van der Waals surface area contributed by atoms with Crippen LogP contribution in [0.3, 0.4) is 0 Å². The lowest BCUT2D eigenvalue weighted by molar-refractivity contribution is 0.0618. The Bertz CT molecular complexity index is 686. The van der Waals surface area contributed by atoms with Crippen molar-refractivity contribution in [2.45, 2.75) is 52.7 Å². The molecule has 1 atom stereocenters. The molecule has 0 N–H and O–H groups in total. The van der Waals surface area contributed by atoms with E-state index in [1.165, 1.54) is 0 Å².